The summed E-state index contributed by atoms with van der Waals surface area (Å²) >= 11 is 0. The lowest BCUT2D eigenvalue weighted by Gasteiger charge is -2.19. The fourth-order valence-corrected chi connectivity index (χ4v) is 3.25. The molecule has 0 heterocycles. The first-order chi connectivity index (χ1) is 13.5. The van der Waals surface area contributed by atoms with Crippen LogP contribution in [0, 0.1) is 13.8 Å². The summed E-state index contributed by atoms with van der Waals surface area (Å²) in [6.07, 6.45) is 0.463. The number of phenolic OH excluding ortho intramolecular Hbond substituents is 1. The van der Waals surface area contributed by atoms with E-state index in [9.17, 15) is 24.4 Å². The van der Waals surface area contributed by atoms with Gasteiger partial charge >= 0.3 is 5.97 Å². The van der Waals surface area contributed by atoms with Crippen molar-refractivity contribution in [3.05, 3.63) is 63.7 Å². The molecule has 7 nitrogen and oxygen atoms in total. The highest BCUT2D eigenvalue weighted by molar-refractivity contribution is 7.25. The van der Waals surface area contributed by atoms with Crippen molar-refractivity contribution in [2.75, 3.05) is 0 Å². The molecule has 8 heteroatoms. The Hall–Kier alpha value is -2.76. The molecule has 2 unspecified atom stereocenters. The molecule has 0 spiro atoms. The van der Waals surface area contributed by atoms with E-state index in [0.717, 1.165) is 22.3 Å². The van der Waals surface area contributed by atoms with Gasteiger partial charge in [-0.15, -0.1) is 0 Å². The minimum atomic E-state index is -1.47. The van der Waals surface area contributed by atoms with Crippen molar-refractivity contribution < 1.29 is 29.5 Å². The van der Waals surface area contributed by atoms with Gasteiger partial charge in [0.15, 0.2) is 13.8 Å². The van der Waals surface area contributed by atoms with Crippen LogP contribution in [0.3, 0.4) is 0 Å². The molecular formula is C21H24NO6P. The molecule has 0 fully saturated rings. The van der Waals surface area contributed by atoms with Crippen LogP contribution in [0.2, 0.25) is 0 Å². The number of carbonyl (C=O) groups excluding carboxylic acids is 1. The third-order valence-corrected chi connectivity index (χ3v) is 5.44. The summed E-state index contributed by atoms with van der Waals surface area (Å²) in [5.41, 5.74) is 4.05. The number of rotatable bonds is 7. The molecule has 2 rings (SSSR count). The molecule has 0 saturated heterocycles. The average Bonchev–Trinajstić information content (AvgIpc) is 2.65. The number of carboxylic acids is 1. The van der Waals surface area contributed by atoms with Gasteiger partial charge in [0.2, 0.25) is 0 Å². The van der Waals surface area contributed by atoms with Crippen LogP contribution in [0.1, 0.15) is 52.0 Å². The highest BCUT2D eigenvalue weighted by Gasteiger charge is 2.25. The van der Waals surface area contributed by atoms with E-state index < -0.39 is 31.7 Å². The lowest BCUT2D eigenvalue weighted by Crippen LogP contribution is -2.38. The number of aliphatic hydroxyl groups is 1. The first kappa shape index (κ1) is 22.5. The number of aromatic hydroxyl groups is 1. The predicted octanol–water partition coefficient (Wildman–Crippen LogP) is 3.26. The Morgan fingerprint density at radius 2 is 1.76 bits per heavy atom. The molecule has 29 heavy (non-hydrogen) atoms. The highest BCUT2D eigenvalue weighted by Crippen LogP contribution is 2.34. The molecule has 0 saturated carbocycles. The molecule has 0 aromatic heterocycles. The van der Waals surface area contributed by atoms with Crippen molar-refractivity contribution in [1.82, 2.24) is 5.32 Å². The Morgan fingerprint density at radius 3 is 2.28 bits per heavy atom. The normalized spacial score (nSPS) is 14.2. The lowest BCUT2D eigenvalue weighted by molar-refractivity contribution is -0.138. The molecule has 2 aromatic rings. The van der Waals surface area contributed by atoms with Crippen molar-refractivity contribution in [3.63, 3.8) is 0 Å². The third kappa shape index (κ3) is 5.19. The van der Waals surface area contributed by atoms with Gasteiger partial charge < -0.3 is 20.6 Å². The molecule has 154 valence electrons. The molecule has 0 radical (unpaired) electrons. The monoisotopic (exact) mass is 417 g/mol. The van der Waals surface area contributed by atoms with E-state index in [1.54, 1.807) is 18.2 Å². The van der Waals surface area contributed by atoms with Crippen LogP contribution in [0.25, 0.3) is 0 Å². The van der Waals surface area contributed by atoms with E-state index >= 15 is 0 Å². The van der Waals surface area contributed by atoms with Crippen LogP contribution in [0.5, 0.6) is 5.75 Å². The van der Waals surface area contributed by atoms with Crippen LogP contribution in [-0.2, 0) is 21.1 Å². The maximum absolute atomic E-state index is 12.3. The van der Waals surface area contributed by atoms with Crippen molar-refractivity contribution in [2.24, 2.45) is 0 Å². The average molecular weight is 417 g/mol. The summed E-state index contributed by atoms with van der Waals surface area (Å²) in [5, 5.41) is 30.0. The zero-order valence-corrected chi connectivity index (χ0v) is 17.6. The minimum absolute atomic E-state index is 0.00406. The summed E-state index contributed by atoms with van der Waals surface area (Å²) in [5.74, 6) is -2.08. The van der Waals surface area contributed by atoms with Gasteiger partial charge in [0.25, 0.3) is 5.91 Å². The first-order valence-electron chi connectivity index (χ1n) is 8.99. The van der Waals surface area contributed by atoms with Crippen LogP contribution < -0.4 is 5.32 Å². The topological polar surface area (TPSA) is 124 Å². The maximum Gasteiger partial charge on any atom is 0.325 e. The Morgan fingerprint density at radius 1 is 1.17 bits per heavy atom. The number of nitrogens with one attached hydrogen (secondary N) is 1. The third-order valence-electron chi connectivity index (χ3n) is 4.83. The predicted molar refractivity (Wildman–Crippen MR) is 109 cm³/mol. The number of hydrogen-bond acceptors (Lipinski definition) is 5. The zero-order valence-electron chi connectivity index (χ0n) is 16.7. The lowest BCUT2D eigenvalue weighted by atomic mass is 9.92. The quantitative estimate of drug-likeness (QED) is 0.513. The second-order valence-electron chi connectivity index (χ2n) is 7.26. The van der Waals surface area contributed by atoms with Gasteiger partial charge in [-0.2, -0.15) is 0 Å². The fraction of sp³-hybridized carbons (Fsp3) is 0.333. The van der Waals surface area contributed by atoms with Crippen molar-refractivity contribution in [3.8, 4) is 5.75 Å². The second kappa shape index (κ2) is 8.72. The first-order valence-corrected chi connectivity index (χ1v) is 9.80. The highest BCUT2D eigenvalue weighted by atomic mass is 31.1. The summed E-state index contributed by atoms with van der Waals surface area (Å²) in [4.78, 5) is 23.3. The number of amides is 1. The molecule has 1 amide bonds. The van der Waals surface area contributed by atoms with Gasteiger partial charge in [-0.25, -0.2) is 0 Å². The Kier molecular flexibility index (Phi) is 6.77. The van der Waals surface area contributed by atoms with Crippen LogP contribution in [0.4, 0.5) is 0 Å². The molecule has 0 aliphatic heterocycles. The standard InChI is InChI=1S/C21H24NO6P/c1-11-7-15(21(4,27)29-28)8-12(2)16(11)9-14-5-6-18(23)17(10-14)19(24)22-13(3)20(25)26/h5-8,10,13,23,27H,9H2,1-4H3,(H,22,24)(H,25,26). The summed E-state index contributed by atoms with van der Waals surface area (Å²) in [6.45, 7) is 6.57. The number of benzene rings is 2. The maximum atomic E-state index is 12.3. The second-order valence-corrected chi connectivity index (χ2v) is 8.32. The zero-order chi connectivity index (χ0) is 21.9. The van der Waals surface area contributed by atoms with E-state index in [-0.39, 0.29) is 11.3 Å². The fourth-order valence-electron chi connectivity index (χ4n) is 3.01. The van der Waals surface area contributed by atoms with Crippen molar-refractivity contribution >= 4 is 20.3 Å². The Balaban J connectivity index is 2.35. The molecular weight excluding hydrogens is 393 g/mol. The number of hydrogen-bond donors (Lipinski definition) is 4. The summed E-state index contributed by atoms with van der Waals surface area (Å²) < 4.78 is 11.2. The van der Waals surface area contributed by atoms with Gasteiger partial charge in [0.1, 0.15) is 11.8 Å². The smallest absolute Gasteiger partial charge is 0.325 e. The van der Waals surface area contributed by atoms with E-state index in [1.165, 1.54) is 26.0 Å². The molecule has 0 aliphatic rings. The largest absolute Gasteiger partial charge is 0.507 e. The van der Waals surface area contributed by atoms with E-state index in [1.807, 2.05) is 13.8 Å². The number of aliphatic carboxylic acids is 1. The number of phenols is 1. The van der Waals surface area contributed by atoms with Gasteiger partial charge in [0, 0.05) is 0 Å². The van der Waals surface area contributed by atoms with Gasteiger partial charge in [-0.1, -0.05) is 18.2 Å². The summed E-state index contributed by atoms with van der Waals surface area (Å²) in [7, 11) is -0.391. The SMILES string of the molecule is Cc1cc(C(C)(O)P=O)cc(C)c1Cc1ccc(O)c(C(=O)NC(C)C(=O)O)c1. The molecule has 4 N–H and O–H groups in total. The molecule has 0 bridgehead atoms. The number of aryl methyl sites for hydroxylation is 2. The van der Waals surface area contributed by atoms with Crippen molar-refractivity contribution in [1.29, 1.82) is 0 Å². The molecule has 2 aromatic carbocycles. The van der Waals surface area contributed by atoms with Gasteiger partial charge in [-0.3, -0.25) is 14.2 Å². The van der Waals surface area contributed by atoms with Crippen LogP contribution in [0.15, 0.2) is 30.3 Å². The summed E-state index contributed by atoms with van der Waals surface area (Å²) in [6, 6.07) is 7.07. The Labute approximate surface area is 170 Å². The molecule has 0 aliphatic carbocycles. The van der Waals surface area contributed by atoms with E-state index in [4.69, 9.17) is 5.11 Å². The minimum Gasteiger partial charge on any atom is -0.507 e. The Bertz CT molecular complexity index is 947. The van der Waals surface area contributed by atoms with Gasteiger partial charge in [0.05, 0.1) is 5.56 Å². The van der Waals surface area contributed by atoms with E-state index in [0.29, 0.717) is 12.0 Å². The van der Waals surface area contributed by atoms with Crippen LogP contribution >= 0.6 is 8.46 Å². The number of carboxylic acid groups (broad SMARTS) is 1. The van der Waals surface area contributed by atoms with Crippen molar-refractivity contribution in [2.45, 2.75) is 45.5 Å². The van der Waals surface area contributed by atoms with E-state index in [2.05, 4.69) is 5.32 Å². The van der Waals surface area contributed by atoms with Crippen LogP contribution in [-0.4, -0.2) is 33.2 Å². The van der Waals surface area contributed by atoms with Gasteiger partial charge in [-0.05, 0) is 74.1 Å². The molecule has 2 atom stereocenters. The number of carbonyl (C=O) groups is 2.